The SMILES string of the molecule is CC(C)C(N)C(O)C(F)(F)F.Cl. The highest BCUT2D eigenvalue weighted by molar-refractivity contribution is 5.85. The summed E-state index contributed by atoms with van der Waals surface area (Å²) in [6.45, 7) is 3.05. The third-order valence-electron chi connectivity index (χ3n) is 1.47. The molecule has 0 saturated heterocycles. The Labute approximate surface area is 75.3 Å². The minimum absolute atomic E-state index is 0. The molecular formula is C6H13ClF3NO. The van der Waals surface area contributed by atoms with Gasteiger partial charge in [-0.3, -0.25) is 0 Å². The predicted octanol–water partition coefficient (Wildman–Crippen LogP) is 1.31. The first-order valence-corrected chi connectivity index (χ1v) is 3.27. The quantitative estimate of drug-likeness (QED) is 0.717. The number of halogens is 4. The van der Waals surface area contributed by atoms with Gasteiger partial charge in [0.15, 0.2) is 6.10 Å². The van der Waals surface area contributed by atoms with Gasteiger partial charge in [0.05, 0.1) is 0 Å². The Morgan fingerprint density at radius 1 is 1.25 bits per heavy atom. The summed E-state index contributed by atoms with van der Waals surface area (Å²) in [5, 5.41) is 8.57. The fourth-order valence-electron chi connectivity index (χ4n) is 0.583. The molecule has 76 valence electrons. The lowest BCUT2D eigenvalue weighted by Crippen LogP contribution is -2.47. The summed E-state index contributed by atoms with van der Waals surface area (Å²) in [7, 11) is 0. The molecule has 0 radical (unpaired) electrons. The van der Waals surface area contributed by atoms with E-state index in [1.165, 1.54) is 13.8 Å². The van der Waals surface area contributed by atoms with Crippen LogP contribution in [0.2, 0.25) is 0 Å². The van der Waals surface area contributed by atoms with Crippen LogP contribution in [0.3, 0.4) is 0 Å². The number of rotatable bonds is 2. The van der Waals surface area contributed by atoms with Gasteiger partial charge in [-0.2, -0.15) is 13.2 Å². The monoisotopic (exact) mass is 207 g/mol. The van der Waals surface area contributed by atoms with E-state index in [1.807, 2.05) is 0 Å². The van der Waals surface area contributed by atoms with Gasteiger partial charge in [0.25, 0.3) is 0 Å². The smallest absolute Gasteiger partial charge is 0.382 e. The molecule has 0 aromatic heterocycles. The van der Waals surface area contributed by atoms with Crippen molar-refractivity contribution in [3.63, 3.8) is 0 Å². The van der Waals surface area contributed by atoms with Crippen molar-refractivity contribution in [1.82, 2.24) is 0 Å². The highest BCUT2D eigenvalue weighted by Crippen LogP contribution is 2.23. The molecule has 0 rings (SSSR count). The van der Waals surface area contributed by atoms with Crippen LogP contribution in [0.4, 0.5) is 13.2 Å². The molecule has 0 fully saturated rings. The van der Waals surface area contributed by atoms with Crippen molar-refractivity contribution >= 4 is 12.4 Å². The third kappa shape index (κ3) is 4.13. The fraction of sp³-hybridized carbons (Fsp3) is 1.00. The Morgan fingerprint density at radius 2 is 1.58 bits per heavy atom. The maximum atomic E-state index is 11.7. The van der Waals surface area contributed by atoms with Crippen molar-refractivity contribution in [3.05, 3.63) is 0 Å². The molecule has 0 aromatic carbocycles. The minimum atomic E-state index is -4.61. The third-order valence-corrected chi connectivity index (χ3v) is 1.47. The minimum Gasteiger partial charge on any atom is -0.382 e. The molecule has 0 aliphatic rings. The van der Waals surface area contributed by atoms with Crippen LogP contribution in [-0.2, 0) is 0 Å². The molecule has 3 N–H and O–H groups in total. The molecule has 0 aromatic rings. The molecule has 0 spiro atoms. The Hall–Kier alpha value is -0.0000000000000000555. The number of hydrogen-bond acceptors (Lipinski definition) is 2. The fourth-order valence-corrected chi connectivity index (χ4v) is 0.583. The van der Waals surface area contributed by atoms with Gasteiger partial charge in [-0.25, -0.2) is 0 Å². The van der Waals surface area contributed by atoms with Crippen LogP contribution in [-0.4, -0.2) is 23.4 Å². The summed E-state index contributed by atoms with van der Waals surface area (Å²) in [4.78, 5) is 0. The van der Waals surface area contributed by atoms with E-state index in [2.05, 4.69) is 0 Å². The number of hydrogen-bond donors (Lipinski definition) is 2. The van der Waals surface area contributed by atoms with E-state index in [-0.39, 0.29) is 18.3 Å². The molecule has 0 bridgehead atoms. The van der Waals surface area contributed by atoms with Crippen molar-refractivity contribution in [1.29, 1.82) is 0 Å². The molecular weight excluding hydrogens is 195 g/mol. The zero-order valence-corrected chi connectivity index (χ0v) is 7.62. The Balaban J connectivity index is 0. The largest absolute Gasteiger partial charge is 0.415 e. The number of aliphatic hydroxyl groups excluding tert-OH is 1. The summed E-state index contributed by atoms with van der Waals surface area (Å²) < 4.78 is 35.2. The second-order valence-electron chi connectivity index (χ2n) is 2.81. The van der Waals surface area contributed by atoms with Crippen molar-refractivity contribution in [2.45, 2.75) is 32.2 Å². The first kappa shape index (κ1) is 14.5. The summed E-state index contributed by atoms with van der Waals surface area (Å²) in [6, 6.07) is -1.24. The topological polar surface area (TPSA) is 46.2 Å². The number of alkyl halides is 3. The molecule has 0 aliphatic carbocycles. The zero-order valence-electron chi connectivity index (χ0n) is 6.80. The number of nitrogens with two attached hydrogens (primary N) is 1. The second kappa shape index (κ2) is 4.89. The predicted molar refractivity (Wildman–Crippen MR) is 42.1 cm³/mol. The highest BCUT2D eigenvalue weighted by Gasteiger charge is 2.42. The normalized spacial score (nSPS) is 17.0. The van der Waals surface area contributed by atoms with E-state index < -0.39 is 18.3 Å². The lowest BCUT2D eigenvalue weighted by atomic mass is 9.99. The van der Waals surface area contributed by atoms with Gasteiger partial charge in [0, 0.05) is 6.04 Å². The van der Waals surface area contributed by atoms with E-state index in [1.54, 1.807) is 0 Å². The Morgan fingerprint density at radius 3 is 1.67 bits per heavy atom. The zero-order chi connectivity index (χ0) is 9.23. The molecule has 0 saturated carbocycles. The summed E-state index contributed by atoms with van der Waals surface area (Å²) >= 11 is 0. The average molecular weight is 208 g/mol. The number of aliphatic hydroxyl groups is 1. The standard InChI is InChI=1S/C6H12F3NO.ClH/c1-3(2)4(10)5(11)6(7,8)9;/h3-5,11H,10H2,1-2H3;1H. The van der Waals surface area contributed by atoms with Gasteiger partial charge in [-0.1, -0.05) is 13.8 Å². The van der Waals surface area contributed by atoms with Crippen LogP contribution < -0.4 is 5.73 Å². The van der Waals surface area contributed by atoms with Crippen LogP contribution in [0.15, 0.2) is 0 Å². The maximum Gasteiger partial charge on any atom is 0.415 e. The van der Waals surface area contributed by atoms with Crippen LogP contribution >= 0.6 is 12.4 Å². The van der Waals surface area contributed by atoms with Gasteiger partial charge in [0.2, 0.25) is 0 Å². The van der Waals surface area contributed by atoms with Gasteiger partial charge >= 0.3 is 6.18 Å². The van der Waals surface area contributed by atoms with E-state index in [0.29, 0.717) is 0 Å². The molecule has 6 heteroatoms. The summed E-state index contributed by atoms with van der Waals surface area (Å²) in [5.74, 6) is -0.383. The van der Waals surface area contributed by atoms with Crippen LogP contribution in [0.1, 0.15) is 13.8 Å². The summed E-state index contributed by atoms with van der Waals surface area (Å²) in [5.41, 5.74) is 5.08. The van der Waals surface area contributed by atoms with E-state index in [9.17, 15) is 13.2 Å². The molecule has 12 heavy (non-hydrogen) atoms. The molecule has 2 atom stereocenters. The van der Waals surface area contributed by atoms with Gasteiger partial charge in [0.1, 0.15) is 0 Å². The van der Waals surface area contributed by atoms with Crippen molar-refractivity contribution in [3.8, 4) is 0 Å². The van der Waals surface area contributed by atoms with Gasteiger partial charge in [-0.05, 0) is 5.92 Å². The highest BCUT2D eigenvalue weighted by atomic mass is 35.5. The first-order valence-electron chi connectivity index (χ1n) is 3.27. The van der Waals surface area contributed by atoms with E-state index in [4.69, 9.17) is 10.8 Å². The van der Waals surface area contributed by atoms with Crippen molar-refractivity contribution in [2.24, 2.45) is 11.7 Å². The lowest BCUT2D eigenvalue weighted by Gasteiger charge is -2.23. The van der Waals surface area contributed by atoms with Crippen LogP contribution in [0.25, 0.3) is 0 Å². The molecule has 0 aliphatic heterocycles. The van der Waals surface area contributed by atoms with E-state index in [0.717, 1.165) is 0 Å². The first-order chi connectivity index (χ1) is 4.76. The molecule has 0 amide bonds. The van der Waals surface area contributed by atoms with Crippen molar-refractivity contribution < 1.29 is 18.3 Å². The average Bonchev–Trinajstić information content (AvgIpc) is 1.82. The van der Waals surface area contributed by atoms with Gasteiger partial charge in [-0.15, -0.1) is 12.4 Å². The second-order valence-corrected chi connectivity index (χ2v) is 2.81. The Bertz CT molecular complexity index is 128. The maximum absolute atomic E-state index is 11.7. The molecule has 2 unspecified atom stereocenters. The molecule has 0 heterocycles. The summed E-state index contributed by atoms with van der Waals surface area (Å²) in [6.07, 6.45) is -7.02. The van der Waals surface area contributed by atoms with Gasteiger partial charge < -0.3 is 10.8 Å². The Kier molecular flexibility index (Phi) is 5.92. The van der Waals surface area contributed by atoms with E-state index >= 15 is 0 Å². The lowest BCUT2D eigenvalue weighted by molar-refractivity contribution is -0.212. The van der Waals surface area contributed by atoms with Crippen LogP contribution in [0, 0.1) is 5.92 Å². The van der Waals surface area contributed by atoms with Crippen LogP contribution in [0.5, 0.6) is 0 Å². The van der Waals surface area contributed by atoms with Crippen molar-refractivity contribution in [2.75, 3.05) is 0 Å². The molecule has 2 nitrogen and oxygen atoms in total.